The highest BCUT2D eigenvalue weighted by Crippen LogP contribution is 2.49. The van der Waals surface area contributed by atoms with Crippen molar-refractivity contribution in [2.45, 2.75) is 38.6 Å². The summed E-state index contributed by atoms with van der Waals surface area (Å²) in [6, 6.07) is 1.97. The molecule has 0 aromatic carbocycles. The fourth-order valence-corrected chi connectivity index (χ4v) is 3.89. The van der Waals surface area contributed by atoms with Crippen molar-refractivity contribution in [1.82, 2.24) is 14.7 Å². The summed E-state index contributed by atoms with van der Waals surface area (Å²) >= 11 is 0. The number of carbonyl (C=O) groups excluding carboxylic acids is 1. The van der Waals surface area contributed by atoms with Crippen LogP contribution in [-0.4, -0.2) is 27.6 Å². The van der Waals surface area contributed by atoms with E-state index in [1.54, 1.807) is 4.68 Å². The Kier molecular flexibility index (Phi) is 3.33. The molecule has 3 atom stereocenters. The van der Waals surface area contributed by atoms with Crippen molar-refractivity contribution in [3.05, 3.63) is 18.0 Å². The molecular formula is C15H23N3O. The first-order chi connectivity index (χ1) is 9.11. The van der Waals surface area contributed by atoms with Crippen LogP contribution in [0.1, 0.15) is 37.8 Å². The molecule has 2 fully saturated rings. The Morgan fingerprint density at radius 2 is 2.32 bits per heavy atom. The molecule has 2 saturated carbocycles. The number of amides is 1. The minimum absolute atomic E-state index is 0.281. The molecule has 19 heavy (non-hydrogen) atoms. The van der Waals surface area contributed by atoms with E-state index in [4.69, 9.17) is 0 Å². The standard InChI is InChI=1S/C15H23N3O/c1-17(10-14-5-6-18(2)16-14)15(19)9-13-8-11-3-4-12(13)7-11/h5-6,11-13H,3-4,7-10H2,1-2H3. The monoisotopic (exact) mass is 261 g/mol. The number of hydrogen-bond donors (Lipinski definition) is 0. The van der Waals surface area contributed by atoms with Gasteiger partial charge in [-0.3, -0.25) is 9.48 Å². The fraction of sp³-hybridized carbons (Fsp3) is 0.733. The van der Waals surface area contributed by atoms with E-state index in [0.717, 1.165) is 24.0 Å². The van der Waals surface area contributed by atoms with Gasteiger partial charge >= 0.3 is 0 Å². The molecule has 0 N–H and O–H groups in total. The number of hydrogen-bond acceptors (Lipinski definition) is 2. The van der Waals surface area contributed by atoms with E-state index < -0.39 is 0 Å². The zero-order chi connectivity index (χ0) is 13.4. The van der Waals surface area contributed by atoms with Crippen LogP contribution < -0.4 is 0 Å². The third-order valence-corrected chi connectivity index (χ3v) is 4.92. The van der Waals surface area contributed by atoms with Crippen LogP contribution >= 0.6 is 0 Å². The maximum absolute atomic E-state index is 12.3. The Hall–Kier alpha value is -1.32. The van der Waals surface area contributed by atoms with Gasteiger partial charge < -0.3 is 4.90 Å². The van der Waals surface area contributed by atoms with Gasteiger partial charge in [-0.1, -0.05) is 6.42 Å². The molecule has 1 heterocycles. The van der Waals surface area contributed by atoms with E-state index in [9.17, 15) is 4.79 Å². The Bertz CT molecular complexity index is 468. The number of rotatable bonds is 4. The molecular weight excluding hydrogens is 238 g/mol. The lowest BCUT2D eigenvalue weighted by Gasteiger charge is -2.24. The zero-order valence-corrected chi connectivity index (χ0v) is 11.9. The van der Waals surface area contributed by atoms with Crippen LogP contribution in [0.3, 0.4) is 0 Å². The zero-order valence-electron chi connectivity index (χ0n) is 11.9. The summed E-state index contributed by atoms with van der Waals surface area (Å²) in [4.78, 5) is 14.1. The summed E-state index contributed by atoms with van der Waals surface area (Å²) in [5.74, 6) is 2.68. The predicted octanol–water partition coefficient (Wildman–Crippen LogP) is 2.20. The van der Waals surface area contributed by atoms with Crippen molar-refractivity contribution in [2.24, 2.45) is 24.8 Å². The summed E-state index contributed by atoms with van der Waals surface area (Å²) in [5.41, 5.74) is 0.964. The molecule has 2 aliphatic carbocycles. The summed E-state index contributed by atoms with van der Waals surface area (Å²) in [6.45, 7) is 0.625. The van der Waals surface area contributed by atoms with Gasteiger partial charge in [-0.25, -0.2) is 0 Å². The topological polar surface area (TPSA) is 38.1 Å². The lowest BCUT2D eigenvalue weighted by molar-refractivity contribution is -0.131. The van der Waals surface area contributed by atoms with Crippen molar-refractivity contribution in [2.75, 3.05) is 7.05 Å². The van der Waals surface area contributed by atoms with Crippen LogP contribution in [0.25, 0.3) is 0 Å². The van der Waals surface area contributed by atoms with Gasteiger partial charge in [0.1, 0.15) is 0 Å². The molecule has 2 aliphatic rings. The van der Waals surface area contributed by atoms with Crippen molar-refractivity contribution in [1.29, 1.82) is 0 Å². The fourth-order valence-electron chi connectivity index (χ4n) is 3.89. The summed E-state index contributed by atoms with van der Waals surface area (Å²) < 4.78 is 1.78. The van der Waals surface area contributed by atoms with Crippen LogP contribution in [0.4, 0.5) is 0 Å². The van der Waals surface area contributed by atoms with Gasteiger partial charge in [-0.05, 0) is 43.1 Å². The van der Waals surface area contributed by atoms with Crippen LogP contribution in [-0.2, 0) is 18.4 Å². The Morgan fingerprint density at radius 3 is 2.89 bits per heavy atom. The van der Waals surface area contributed by atoms with Crippen molar-refractivity contribution >= 4 is 5.91 Å². The molecule has 1 aromatic heterocycles. The lowest BCUT2D eigenvalue weighted by Crippen LogP contribution is -2.29. The number of aryl methyl sites for hydroxylation is 1. The van der Waals surface area contributed by atoms with E-state index in [2.05, 4.69) is 5.10 Å². The lowest BCUT2D eigenvalue weighted by atomic mass is 9.86. The van der Waals surface area contributed by atoms with Crippen molar-refractivity contribution in [3.8, 4) is 0 Å². The van der Waals surface area contributed by atoms with E-state index in [1.165, 1.54) is 25.7 Å². The first-order valence-corrected chi connectivity index (χ1v) is 7.34. The molecule has 3 unspecified atom stereocenters. The van der Waals surface area contributed by atoms with E-state index >= 15 is 0 Å². The predicted molar refractivity (Wildman–Crippen MR) is 73.2 cm³/mol. The van der Waals surface area contributed by atoms with E-state index in [0.29, 0.717) is 12.5 Å². The summed E-state index contributed by atoms with van der Waals surface area (Å²) in [7, 11) is 3.80. The number of aromatic nitrogens is 2. The van der Waals surface area contributed by atoms with Gasteiger partial charge in [0.15, 0.2) is 0 Å². The average molecular weight is 261 g/mol. The molecule has 2 bridgehead atoms. The highest BCUT2D eigenvalue weighted by Gasteiger charge is 2.40. The second kappa shape index (κ2) is 4.99. The van der Waals surface area contributed by atoms with E-state index in [1.807, 2.05) is 31.3 Å². The third-order valence-electron chi connectivity index (χ3n) is 4.92. The van der Waals surface area contributed by atoms with Gasteiger partial charge in [-0.2, -0.15) is 5.10 Å². The first-order valence-electron chi connectivity index (χ1n) is 7.34. The maximum Gasteiger partial charge on any atom is 0.222 e. The molecule has 0 saturated heterocycles. The Labute approximate surface area is 114 Å². The third kappa shape index (κ3) is 2.67. The second-order valence-corrected chi connectivity index (χ2v) is 6.37. The quantitative estimate of drug-likeness (QED) is 0.833. The van der Waals surface area contributed by atoms with Crippen LogP contribution in [0.5, 0.6) is 0 Å². The van der Waals surface area contributed by atoms with Crippen LogP contribution in [0.2, 0.25) is 0 Å². The molecule has 1 aromatic rings. The Morgan fingerprint density at radius 1 is 1.47 bits per heavy atom. The Balaban J connectivity index is 1.52. The minimum atomic E-state index is 0.281. The minimum Gasteiger partial charge on any atom is -0.340 e. The van der Waals surface area contributed by atoms with Gasteiger partial charge in [0.25, 0.3) is 0 Å². The molecule has 0 spiro atoms. The van der Waals surface area contributed by atoms with Gasteiger partial charge in [0.2, 0.25) is 5.91 Å². The van der Waals surface area contributed by atoms with Gasteiger partial charge in [0, 0.05) is 26.7 Å². The molecule has 3 rings (SSSR count). The number of carbonyl (C=O) groups is 1. The second-order valence-electron chi connectivity index (χ2n) is 6.37. The number of fused-ring (bicyclic) bond motifs is 2. The van der Waals surface area contributed by atoms with Crippen LogP contribution in [0, 0.1) is 17.8 Å². The molecule has 4 heteroatoms. The SMILES string of the molecule is CN(Cc1ccn(C)n1)C(=O)CC1CC2CCC1C2. The number of nitrogens with zero attached hydrogens (tertiary/aromatic N) is 3. The van der Waals surface area contributed by atoms with Crippen LogP contribution in [0.15, 0.2) is 12.3 Å². The summed E-state index contributed by atoms with van der Waals surface area (Å²) in [6.07, 6.45) is 8.08. The van der Waals surface area contributed by atoms with Gasteiger partial charge in [0.05, 0.1) is 12.2 Å². The highest BCUT2D eigenvalue weighted by atomic mass is 16.2. The summed E-state index contributed by atoms with van der Waals surface area (Å²) in [5, 5.41) is 4.33. The molecule has 0 aliphatic heterocycles. The molecule has 0 radical (unpaired) electrons. The van der Waals surface area contributed by atoms with Crippen molar-refractivity contribution in [3.63, 3.8) is 0 Å². The molecule has 4 nitrogen and oxygen atoms in total. The van der Waals surface area contributed by atoms with Crippen molar-refractivity contribution < 1.29 is 4.79 Å². The maximum atomic E-state index is 12.3. The average Bonchev–Trinajstić information content (AvgIpc) is 3.06. The van der Waals surface area contributed by atoms with E-state index in [-0.39, 0.29) is 5.91 Å². The smallest absolute Gasteiger partial charge is 0.222 e. The molecule has 104 valence electrons. The first kappa shape index (κ1) is 12.7. The van der Waals surface area contributed by atoms with Gasteiger partial charge in [-0.15, -0.1) is 0 Å². The highest BCUT2D eigenvalue weighted by molar-refractivity contribution is 5.76. The molecule has 1 amide bonds. The largest absolute Gasteiger partial charge is 0.340 e. The normalized spacial score (nSPS) is 28.8.